The van der Waals surface area contributed by atoms with Crippen molar-refractivity contribution in [1.82, 2.24) is 15.5 Å². The van der Waals surface area contributed by atoms with Gasteiger partial charge in [-0.05, 0) is 0 Å². The number of carbonyl (C=O) groups is 2. The minimum absolute atomic E-state index is 0.0357. The standard InChI is InChI=1S/C16H11F3N4O3/c1-2-7-21-14(25)11(8-20)12(24)9-3-5-10(6-4-9)13-22-15(26-23-13)16(17,18)19/h2-6,11H,1,7H2,(H,21,25). The lowest BCUT2D eigenvalue weighted by molar-refractivity contribution is -0.159. The molecule has 1 amide bonds. The van der Waals surface area contributed by atoms with Crippen molar-refractivity contribution in [2.45, 2.75) is 6.18 Å². The van der Waals surface area contributed by atoms with E-state index >= 15 is 0 Å². The van der Waals surface area contributed by atoms with Crippen LogP contribution >= 0.6 is 0 Å². The first kappa shape index (κ1) is 18.9. The molecule has 0 saturated heterocycles. The van der Waals surface area contributed by atoms with Crippen LogP contribution in [0, 0.1) is 17.2 Å². The fourth-order valence-corrected chi connectivity index (χ4v) is 1.92. The molecule has 1 heterocycles. The Morgan fingerprint density at radius 2 is 2.00 bits per heavy atom. The average Bonchev–Trinajstić information content (AvgIpc) is 3.11. The lowest BCUT2D eigenvalue weighted by Gasteiger charge is -2.08. The van der Waals surface area contributed by atoms with E-state index in [1.165, 1.54) is 30.3 Å². The zero-order chi connectivity index (χ0) is 19.3. The van der Waals surface area contributed by atoms with E-state index in [4.69, 9.17) is 5.26 Å². The van der Waals surface area contributed by atoms with Crippen LogP contribution in [0.5, 0.6) is 0 Å². The van der Waals surface area contributed by atoms with Gasteiger partial charge in [-0.3, -0.25) is 9.59 Å². The average molecular weight is 364 g/mol. The van der Waals surface area contributed by atoms with Crippen LogP contribution in [0.2, 0.25) is 0 Å². The third-order valence-electron chi connectivity index (χ3n) is 3.17. The number of halogens is 3. The summed E-state index contributed by atoms with van der Waals surface area (Å²) in [5.41, 5.74) is 0.207. The van der Waals surface area contributed by atoms with Crippen LogP contribution in [0.4, 0.5) is 13.2 Å². The second kappa shape index (κ2) is 7.60. The molecule has 1 aromatic heterocycles. The SMILES string of the molecule is C=CCNC(=O)C(C#N)C(=O)c1ccc(-c2noc(C(F)(F)F)n2)cc1. The molecule has 0 aliphatic heterocycles. The van der Waals surface area contributed by atoms with Gasteiger partial charge in [-0.1, -0.05) is 35.5 Å². The Morgan fingerprint density at radius 1 is 1.35 bits per heavy atom. The Labute approximate surface area is 145 Å². The Bertz CT molecular complexity index is 866. The number of carbonyl (C=O) groups excluding carboxylic acids is 2. The molecule has 1 N–H and O–H groups in total. The fourth-order valence-electron chi connectivity index (χ4n) is 1.92. The van der Waals surface area contributed by atoms with Gasteiger partial charge in [0.05, 0.1) is 6.07 Å². The number of nitrogens with one attached hydrogen (secondary N) is 1. The molecule has 0 fully saturated rings. The van der Waals surface area contributed by atoms with E-state index in [2.05, 4.69) is 26.6 Å². The van der Waals surface area contributed by atoms with Crippen molar-refractivity contribution in [1.29, 1.82) is 5.26 Å². The van der Waals surface area contributed by atoms with Crippen LogP contribution in [-0.4, -0.2) is 28.4 Å². The van der Waals surface area contributed by atoms with Gasteiger partial charge in [-0.25, -0.2) is 0 Å². The second-order valence-electron chi connectivity index (χ2n) is 4.96. The highest BCUT2D eigenvalue weighted by Gasteiger charge is 2.38. The van der Waals surface area contributed by atoms with Gasteiger partial charge in [0.25, 0.3) is 0 Å². The Kier molecular flexibility index (Phi) is 5.51. The van der Waals surface area contributed by atoms with E-state index in [0.29, 0.717) is 0 Å². The summed E-state index contributed by atoms with van der Waals surface area (Å²) in [6.45, 7) is 3.50. The highest BCUT2D eigenvalue weighted by Crippen LogP contribution is 2.29. The Balaban J connectivity index is 2.19. The lowest BCUT2D eigenvalue weighted by Crippen LogP contribution is -2.34. The molecule has 2 aromatic rings. The van der Waals surface area contributed by atoms with Gasteiger partial charge >= 0.3 is 12.1 Å². The van der Waals surface area contributed by atoms with Crippen molar-refractivity contribution in [2.24, 2.45) is 5.92 Å². The van der Waals surface area contributed by atoms with E-state index in [1.54, 1.807) is 6.07 Å². The van der Waals surface area contributed by atoms with Crippen LogP contribution in [-0.2, 0) is 11.0 Å². The van der Waals surface area contributed by atoms with Crippen LogP contribution in [0.1, 0.15) is 16.2 Å². The van der Waals surface area contributed by atoms with Gasteiger partial charge in [-0.15, -0.1) is 6.58 Å². The zero-order valence-corrected chi connectivity index (χ0v) is 13.1. The van der Waals surface area contributed by atoms with E-state index in [9.17, 15) is 22.8 Å². The van der Waals surface area contributed by atoms with Crippen molar-refractivity contribution >= 4 is 11.7 Å². The molecule has 1 aromatic carbocycles. The number of aromatic nitrogens is 2. The molecule has 0 saturated carbocycles. The summed E-state index contributed by atoms with van der Waals surface area (Å²) in [6.07, 6.45) is -3.37. The predicted octanol–water partition coefficient (Wildman–Crippen LogP) is 2.38. The molecular weight excluding hydrogens is 353 g/mol. The maximum absolute atomic E-state index is 12.5. The molecule has 134 valence electrons. The van der Waals surface area contributed by atoms with Crippen LogP contribution in [0.25, 0.3) is 11.4 Å². The highest BCUT2D eigenvalue weighted by atomic mass is 19.4. The van der Waals surface area contributed by atoms with E-state index < -0.39 is 29.7 Å². The van der Waals surface area contributed by atoms with Crippen LogP contribution in [0.3, 0.4) is 0 Å². The topological polar surface area (TPSA) is 109 Å². The number of alkyl halides is 3. The van der Waals surface area contributed by atoms with Gasteiger partial charge in [0.1, 0.15) is 0 Å². The normalized spacial score (nSPS) is 12.1. The molecule has 0 bridgehead atoms. The number of ketones is 1. The van der Waals surface area contributed by atoms with Crippen molar-refractivity contribution < 1.29 is 27.3 Å². The van der Waals surface area contributed by atoms with E-state index in [-0.39, 0.29) is 23.5 Å². The minimum atomic E-state index is -4.76. The molecule has 2 rings (SSSR count). The molecule has 26 heavy (non-hydrogen) atoms. The number of rotatable bonds is 6. The monoisotopic (exact) mass is 364 g/mol. The molecule has 0 aliphatic rings. The van der Waals surface area contributed by atoms with Gasteiger partial charge in [-0.2, -0.15) is 23.4 Å². The first-order valence-corrected chi connectivity index (χ1v) is 7.11. The summed E-state index contributed by atoms with van der Waals surface area (Å²) < 4.78 is 41.5. The second-order valence-corrected chi connectivity index (χ2v) is 4.96. The zero-order valence-electron chi connectivity index (χ0n) is 13.1. The molecule has 0 spiro atoms. The van der Waals surface area contributed by atoms with Crippen molar-refractivity contribution in [2.75, 3.05) is 6.54 Å². The van der Waals surface area contributed by atoms with E-state index in [0.717, 1.165) is 0 Å². The Morgan fingerprint density at radius 3 is 2.50 bits per heavy atom. The van der Waals surface area contributed by atoms with Crippen molar-refractivity contribution in [3.05, 3.63) is 48.4 Å². The number of nitrogens with zero attached hydrogens (tertiary/aromatic N) is 3. The summed E-state index contributed by atoms with van der Waals surface area (Å²) >= 11 is 0. The molecule has 0 aliphatic carbocycles. The number of Topliss-reactive ketones (excluding diaryl/α,β-unsaturated/α-hetero) is 1. The van der Waals surface area contributed by atoms with Gasteiger partial charge in [0.2, 0.25) is 11.7 Å². The molecule has 7 nitrogen and oxygen atoms in total. The molecule has 1 atom stereocenters. The third-order valence-corrected chi connectivity index (χ3v) is 3.17. The van der Waals surface area contributed by atoms with Gasteiger partial charge < -0.3 is 9.84 Å². The summed E-state index contributed by atoms with van der Waals surface area (Å²) in [5.74, 6) is -4.87. The maximum Gasteiger partial charge on any atom is 0.471 e. The van der Waals surface area contributed by atoms with Gasteiger partial charge in [0.15, 0.2) is 11.7 Å². The molecular formula is C16H11F3N4O3. The number of hydrogen-bond donors (Lipinski definition) is 1. The Hall–Kier alpha value is -3.48. The minimum Gasteiger partial charge on any atom is -0.351 e. The largest absolute Gasteiger partial charge is 0.471 e. The van der Waals surface area contributed by atoms with Crippen molar-refractivity contribution in [3.63, 3.8) is 0 Å². The number of benzene rings is 1. The molecule has 10 heteroatoms. The predicted molar refractivity (Wildman–Crippen MR) is 81.4 cm³/mol. The summed E-state index contributed by atoms with van der Waals surface area (Å²) in [7, 11) is 0. The molecule has 0 radical (unpaired) electrons. The quantitative estimate of drug-likeness (QED) is 0.479. The summed E-state index contributed by atoms with van der Waals surface area (Å²) in [5, 5.41) is 14.6. The maximum atomic E-state index is 12.5. The van der Waals surface area contributed by atoms with Crippen LogP contribution in [0.15, 0.2) is 41.4 Å². The van der Waals surface area contributed by atoms with E-state index in [1.807, 2.05) is 0 Å². The number of nitriles is 1. The van der Waals surface area contributed by atoms with Crippen LogP contribution < -0.4 is 5.32 Å². The highest BCUT2D eigenvalue weighted by molar-refractivity contribution is 6.12. The van der Waals surface area contributed by atoms with Gasteiger partial charge in [0, 0.05) is 17.7 Å². The molecule has 1 unspecified atom stereocenters. The first-order valence-electron chi connectivity index (χ1n) is 7.11. The number of amides is 1. The summed E-state index contributed by atoms with van der Waals surface area (Å²) in [4.78, 5) is 27.3. The summed E-state index contributed by atoms with van der Waals surface area (Å²) in [6, 6.07) is 6.70. The number of hydrogen-bond acceptors (Lipinski definition) is 6. The first-order chi connectivity index (χ1) is 12.3. The lowest BCUT2D eigenvalue weighted by atomic mass is 9.97. The van der Waals surface area contributed by atoms with Crippen molar-refractivity contribution in [3.8, 4) is 17.5 Å². The third kappa shape index (κ3) is 4.13. The smallest absolute Gasteiger partial charge is 0.351 e. The fraction of sp³-hybridized carbons (Fsp3) is 0.188.